The van der Waals surface area contributed by atoms with Gasteiger partial charge in [0, 0.05) is 12.5 Å². The summed E-state index contributed by atoms with van der Waals surface area (Å²) in [6, 6.07) is 7.66. The van der Waals surface area contributed by atoms with E-state index >= 15 is 0 Å². The summed E-state index contributed by atoms with van der Waals surface area (Å²) in [6.45, 7) is 3.92. The Morgan fingerprint density at radius 3 is 2.14 bits per heavy atom. The Hall–Kier alpha value is -1.30. The number of rotatable bonds is 9. The topological polar surface area (TPSA) is 46.2 Å². The highest BCUT2D eigenvalue weighted by molar-refractivity contribution is 5.31. The van der Waals surface area contributed by atoms with Gasteiger partial charge in [-0.25, -0.2) is 9.78 Å². The van der Waals surface area contributed by atoms with Crippen molar-refractivity contribution in [2.45, 2.75) is 12.8 Å². The van der Waals surface area contributed by atoms with Crippen LogP contribution in [-0.2, 0) is 14.5 Å². The van der Waals surface area contributed by atoms with E-state index in [0.717, 1.165) is 24.0 Å². The Balaban J connectivity index is 1.30. The monoisotopic (exact) mass is 294 g/mol. The summed E-state index contributed by atoms with van der Waals surface area (Å²) in [7, 11) is 0. The summed E-state index contributed by atoms with van der Waals surface area (Å²) >= 11 is 0. The molecular weight excluding hydrogens is 272 g/mol. The fourth-order valence-corrected chi connectivity index (χ4v) is 2.03. The lowest BCUT2D eigenvalue weighted by Crippen LogP contribution is -2.14. The smallest absolute Gasteiger partial charge is 0.119 e. The SMILES string of the molecule is c1cc(OCC2COOC2)ccc1OCCOCC1CC1. The molecule has 0 unspecified atom stereocenters. The molecule has 1 aromatic rings. The van der Waals surface area contributed by atoms with Crippen molar-refractivity contribution in [2.24, 2.45) is 11.8 Å². The van der Waals surface area contributed by atoms with Crippen LogP contribution in [0.4, 0.5) is 0 Å². The molecule has 116 valence electrons. The minimum absolute atomic E-state index is 0.310. The molecular formula is C16H22O5. The first-order chi connectivity index (χ1) is 10.4. The summed E-state index contributed by atoms with van der Waals surface area (Å²) in [5.74, 6) is 2.78. The van der Waals surface area contributed by atoms with E-state index in [1.165, 1.54) is 12.8 Å². The van der Waals surface area contributed by atoms with Gasteiger partial charge in [0.05, 0.1) is 26.4 Å². The Morgan fingerprint density at radius 1 is 0.810 bits per heavy atom. The van der Waals surface area contributed by atoms with Gasteiger partial charge in [0.1, 0.15) is 18.1 Å². The Labute approximate surface area is 125 Å². The standard InChI is InChI=1S/C16H22O5/c1-2-13(1)9-17-7-8-18-15-3-5-16(6-4-15)19-10-14-11-20-21-12-14/h3-6,13-14H,1-2,7-12H2. The number of hydrogen-bond acceptors (Lipinski definition) is 5. The highest BCUT2D eigenvalue weighted by Gasteiger charge is 2.21. The first kappa shape index (κ1) is 14.6. The van der Waals surface area contributed by atoms with Gasteiger partial charge in [0.25, 0.3) is 0 Å². The summed E-state index contributed by atoms with van der Waals surface area (Å²) in [5.41, 5.74) is 0. The van der Waals surface area contributed by atoms with Crippen LogP contribution in [0.25, 0.3) is 0 Å². The molecule has 1 aliphatic carbocycles. The molecule has 1 aromatic carbocycles. The molecule has 0 radical (unpaired) electrons. The van der Waals surface area contributed by atoms with Crippen molar-refractivity contribution in [3.8, 4) is 11.5 Å². The fourth-order valence-electron chi connectivity index (χ4n) is 2.03. The largest absolute Gasteiger partial charge is 0.493 e. The van der Waals surface area contributed by atoms with Crippen molar-refractivity contribution < 1.29 is 24.0 Å². The first-order valence-corrected chi connectivity index (χ1v) is 7.58. The van der Waals surface area contributed by atoms with Crippen molar-refractivity contribution in [3.05, 3.63) is 24.3 Å². The lowest BCUT2D eigenvalue weighted by atomic mass is 10.2. The first-order valence-electron chi connectivity index (χ1n) is 7.58. The van der Waals surface area contributed by atoms with Crippen LogP contribution < -0.4 is 9.47 Å². The van der Waals surface area contributed by atoms with Gasteiger partial charge >= 0.3 is 0 Å². The predicted molar refractivity (Wildman–Crippen MR) is 76.4 cm³/mol. The third-order valence-corrected chi connectivity index (χ3v) is 3.55. The molecule has 0 aromatic heterocycles. The van der Waals surface area contributed by atoms with Crippen LogP contribution in [0.15, 0.2) is 24.3 Å². The van der Waals surface area contributed by atoms with E-state index in [9.17, 15) is 0 Å². The van der Waals surface area contributed by atoms with Crippen LogP contribution >= 0.6 is 0 Å². The van der Waals surface area contributed by atoms with Crippen LogP contribution in [-0.4, -0.2) is 39.6 Å². The molecule has 1 saturated carbocycles. The third kappa shape index (κ3) is 5.19. The van der Waals surface area contributed by atoms with E-state index in [4.69, 9.17) is 24.0 Å². The predicted octanol–water partition coefficient (Wildman–Crippen LogP) is 2.45. The lowest BCUT2D eigenvalue weighted by Gasteiger charge is -2.10. The van der Waals surface area contributed by atoms with Crippen molar-refractivity contribution in [1.82, 2.24) is 0 Å². The van der Waals surface area contributed by atoms with Crippen molar-refractivity contribution in [2.75, 3.05) is 39.6 Å². The Morgan fingerprint density at radius 2 is 1.48 bits per heavy atom. The van der Waals surface area contributed by atoms with Gasteiger partial charge in [-0.3, -0.25) is 0 Å². The highest BCUT2D eigenvalue weighted by Crippen LogP contribution is 2.28. The average molecular weight is 294 g/mol. The second kappa shape index (κ2) is 7.64. The maximum absolute atomic E-state index is 5.68. The third-order valence-electron chi connectivity index (χ3n) is 3.55. The van der Waals surface area contributed by atoms with Crippen molar-refractivity contribution >= 4 is 0 Å². The summed E-state index contributed by atoms with van der Waals surface area (Å²) in [4.78, 5) is 9.67. The summed E-state index contributed by atoms with van der Waals surface area (Å²) in [6.07, 6.45) is 2.64. The molecule has 0 atom stereocenters. The number of ether oxygens (including phenoxy) is 3. The number of hydrogen-bond donors (Lipinski definition) is 0. The molecule has 0 amide bonds. The molecule has 21 heavy (non-hydrogen) atoms. The van der Waals surface area contributed by atoms with Gasteiger partial charge < -0.3 is 14.2 Å². The zero-order valence-electron chi connectivity index (χ0n) is 12.2. The van der Waals surface area contributed by atoms with E-state index in [2.05, 4.69) is 0 Å². The summed E-state index contributed by atoms with van der Waals surface area (Å²) < 4.78 is 16.8. The molecule has 0 bridgehead atoms. The van der Waals surface area contributed by atoms with Gasteiger partial charge in [0.15, 0.2) is 0 Å². The van der Waals surface area contributed by atoms with Gasteiger partial charge in [-0.1, -0.05) is 0 Å². The van der Waals surface area contributed by atoms with E-state index in [1.807, 2.05) is 24.3 Å². The zero-order valence-corrected chi connectivity index (χ0v) is 12.2. The van der Waals surface area contributed by atoms with E-state index in [1.54, 1.807) is 0 Å². The quantitative estimate of drug-likeness (QED) is 0.517. The van der Waals surface area contributed by atoms with Gasteiger partial charge in [-0.15, -0.1) is 0 Å². The molecule has 2 aliphatic rings. The molecule has 5 nitrogen and oxygen atoms in total. The minimum Gasteiger partial charge on any atom is -0.493 e. The van der Waals surface area contributed by atoms with Crippen LogP contribution in [0.1, 0.15) is 12.8 Å². The van der Waals surface area contributed by atoms with Gasteiger partial charge in [-0.2, -0.15) is 0 Å². The Kier molecular flexibility index (Phi) is 5.32. The van der Waals surface area contributed by atoms with E-state index in [-0.39, 0.29) is 0 Å². The average Bonchev–Trinajstić information content (AvgIpc) is 3.19. The number of benzene rings is 1. The fraction of sp³-hybridized carbons (Fsp3) is 0.625. The van der Waals surface area contributed by atoms with Crippen LogP contribution in [0, 0.1) is 11.8 Å². The van der Waals surface area contributed by atoms with Crippen molar-refractivity contribution in [1.29, 1.82) is 0 Å². The lowest BCUT2D eigenvalue weighted by molar-refractivity contribution is -0.248. The summed E-state index contributed by atoms with van der Waals surface area (Å²) in [5, 5.41) is 0. The molecule has 0 spiro atoms. The maximum atomic E-state index is 5.68. The van der Waals surface area contributed by atoms with Crippen LogP contribution in [0.5, 0.6) is 11.5 Å². The second-order valence-electron chi connectivity index (χ2n) is 5.58. The molecule has 1 heterocycles. The highest BCUT2D eigenvalue weighted by atomic mass is 17.2. The van der Waals surface area contributed by atoms with Crippen LogP contribution in [0.2, 0.25) is 0 Å². The molecule has 1 aliphatic heterocycles. The molecule has 1 saturated heterocycles. The zero-order chi connectivity index (χ0) is 14.3. The molecule has 0 N–H and O–H groups in total. The van der Waals surface area contributed by atoms with Crippen LogP contribution in [0.3, 0.4) is 0 Å². The maximum Gasteiger partial charge on any atom is 0.119 e. The van der Waals surface area contributed by atoms with Crippen molar-refractivity contribution in [3.63, 3.8) is 0 Å². The van der Waals surface area contributed by atoms with Gasteiger partial charge in [0.2, 0.25) is 0 Å². The molecule has 3 rings (SSSR count). The van der Waals surface area contributed by atoms with E-state index < -0.39 is 0 Å². The molecule has 5 heteroatoms. The van der Waals surface area contributed by atoms with E-state index in [0.29, 0.717) is 39.0 Å². The minimum atomic E-state index is 0.310. The molecule has 2 fully saturated rings. The Bertz CT molecular complexity index is 409. The van der Waals surface area contributed by atoms with Gasteiger partial charge in [-0.05, 0) is 43.0 Å². The second-order valence-corrected chi connectivity index (χ2v) is 5.58. The normalized spacial score (nSPS) is 18.9.